The van der Waals surface area contributed by atoms with Gasteiger partial charge in [0.2, 0.25) is 0 Å². The summed E-state index contributed by atoms with van der Waals surface area (Å²) in [5, 5.41) is 1.06. The molecule has 1 amide bonds. The highest BCUT2D eigenvalue weighted by molar-refractivity contribution is 5.98. The lowest BCUT2D eigenvalue weighted by Gasteiger charge is -2.35. The number of aromatic nitrogens is 2. The van der Waals surface area contributed by atoms with Crippen molar-refractivity contribution in [1.29, 1.82) is 0 Å². The minimum Gasteiger partial charge on any atom is -0.489 e. The Morgan fingerprint density at radius 1 is 0.882 bits per heavy atom. The molecule has 6 nitrogen and oxygen atoms in total. The number of benzene rings is 1. The molecule has 6 rings (SSSR count). The van der Waals surface area contributed by atoms with Gasteiger partial charge in [0.15, 0.2) is 0 Å². The van der Waals surface area contributed by atoms with Crippen molar-refractivity contribution in [2.75, 3.05) is 26.2 Å². The lowest BCUT2D eigenvalue weighted by molar-refractivity contribution is 0.0765. The molecule has 2 aromatic heterocycles. The second kappa shape index (κ2) is 9.41. The second-order valence-corrected chi connectivity index (χ2v) is 10.1. The van der Waals surface area contributed by atoms with Crippen LogP contribution in [0.3, 0.4) is 0 Å². The highest BCUT2D eigenvalue weighted by Gasteiger charge is 2.28. The quantitative estimate of drug-likeness (QED) is 0.537. The van der Waals surface area contributed by atoms with Crippen molar-refractivity contribution in [3.63, 3.8) is 0 Å². The van der Waals surface area contributed by atoms with E-state index in [1.807, 2.05) is 47.6 Å². The zero-order chi connectivity index (χ0) is 22.9. The number of rotatable bonds is 5. The Labute approximate surface area is 201 Å². The fourth-order valence-corrected chi connectivity index (χ4v) is 5.98. The standard InChI is InChI=1S/C28H34N4O2/c33-28(31-14-3-4-15-31)22-7-9-26-21(19-22)11-18-32(26)27-10-8-25(20-29-27)34-24-12-16-30(17-13-24)23-5-1-2-6-23/h7-11,18-20,23-24H,1-6,12-17H2. The lowest BCUT2D eigenvalue weighted by atomic mass is 10.0. The normalized spacial score (nSPS) is 20.4. The molecule has 2 saturated heterocycles. The zero-order valence-corrected chi connectivity index (χ0v) is 19.9. The van der Waals surface area contributed by atoms with Crippen molar-refractivity contribution in [3.05, 3.63) is 54.4 Å². The number of pyridine rings is 1. The highest BCUT2D eigenvalue weighted by atomic mass is 16.5. The molecule has 3 aliphatic rings. The predicted molar refractivity (Wildman–Crippen MR) is 134 cm³/mol. The molecular formula is C28H34N4O2. The van der Waals surface area contributed by atoms with Crippen LogP contribution in [0.2, 0.25) is 0 Å². The van der Waals surface area contributed by atoms with Crippen LogP contribution in [0.1, 0.15) is 61.7 Å². The molecular weight excluding hydrogens is 424 g/mol. The summed E-state index contributed by atoms with van der Waals surface area (Å²) >= 11 is 0. The van der Waals surface area contributed by atoms with Crippen LogP contribution in [0, 0.1) is 0 Å². The summed E-state index contributed by atoms with van der Waals surface area (Å²) in [6.45, 7) is 4.04. The molecule has 2 aliphatic heterocycles. The summed E-state index contributed by atoms with van der Waals surface area (Å²) in [7, 11) is 0. The van der Waals surface area contributed by atoms with Gasteiger partial charge < -0.3 is 19.1 Å². The van der Waals surface area contributed by atoms with E-state index in [-0.39, 0.29) is 12.0 Å². The Morgan fingerprint density at radius 3 is 2.41 bits per heavy atom. The van der Waals surface area contributed by atoms with Crippen molar-refractivity contribution < 1.29 is 9.53 Å². The fourth-order valence-electron chi connectivity index (χ4n) is 5.98. The molecule has 0 unspecified atom stereocenters. The fraction of sp³-hybridized carbons (Fsp3) is 0.500. The largest absolute Gasteiger partial charge is 0.489 e. The van der Waals surface area contributed by atoms with E-state index in [0.29, 0.717) is 0 Å². The summed E-state index contributed by atoms with van der Waals surface area (Å²) in [4.78, 5) is 22.1. The van der Waals surface area contributed by atoms with Gasteiger partial charge in [-0.1, -0.05) is 12.8 Å². The van der Waals surface area contributed by atoms with Crippen molar-refractivity contribution >= 4 is 16.8 Å². The first-order valence-electron chi connectivity index (χ1n) is 13.0. The Hall–Kier alpha value is -2.86. The van der Waals surface area contributed by atoms with Crippen LogP contribution >= 0.6 is 0 Å². The Bertz CT molecular complexity index is 1130. The van der Waals surface area contributed by atoms with Crippen molar-refractivity contribution in [3.8, 4) is 11.6 Å². The van der Waals surface area contributed by atoms with E-state index in [1.54, 1.807) is 0 Å². The number of hydrogen-bond donors (Lipinski definition) is 0. The summed E-state index contributed by atoms with van der Waals surface area (Å²) in [6.07, 6.45) is 14.1. The van der Waals surface area contributed by atoms with E-state index >= 15 is 0 Å². The molecule has 1 aromatic carbocycles. The second-order valence-electron chi connectivity index (χ2n) is 10.1. The first-order chi connectivity index (χ1) is 16.7. The molecule has 0 spiro atoms. The highest BCUT2D eigenvalue weighted by Crippen LogP contribution is 2.28. The smallest absolute Gasteiger partial charge is 0.253 e. The Balaban J connectivity index is 1.11. The van der Waals surface area contributed by atoms with E-state index < -0.39 is 0 Å². The topological polar surface area (TPSA) is 50.6 Å². The minimum absolute atomic E-state index is 0.140. The molecule has 1 saturated carbocycles. The average molecular weight is 459 g/mol. The van der Waals surface area contributed by atoms with Gasteiger partial charge in [-0.3, -0.25) is 4.79 Å². The number of ether oxygens (including phenoxy) is 1. The van der Waals surface area contributed by atoms with Gasteiger partial charge >= 0.3 is 0 Å². The zero-order valence-electron chi connectivity index (χ0n) is 19.9. The number of fused-ring (bicyclic) bond motifs is 1. The van der Waals surface area contributed by atoms with Crippen LogP contribution < -0.4 is 4.74 Å². The number of hydrogen-bond acceptors (Lipinski definition) is 4. The molecule has 0 N–H and O–H groups in total. The lowest BCUT2D eigenvalue weighted by Crippen LogP contribution is -2.43. The van der Waals surface area contributed by atoms with Gasteiger partial charge in [-0.05, 0) is 74.9 Å². The molecule has 3 aromatic rings. The van der Waals surface area contributed by atoms with Crippen molar-refractivity contribution in [1.82, 2.24) is 19.4 Å². The number of carbonyl (C=O) groups excluding carboxylic acids is 1. The molecule has 178 valence electrons. The van der Waals surface area contributed by atoms with Gasteiger partial charge in [-0.25, -0.2) is 4.98 Å². The van der Waals surface area contributed by atoms with Gasteiger partial charge in [-0.15, -0.1) is 0 Å². The van der Waals surface area contributed by atoms with Crippen LogP contribution in [0.25, 0.3) is 16.7 Å². The molecule has 1 aliphatic carbocycles. The van der Waals surface area contributed by atoms with Crippen LogP contribution in [-0.2, 0) is 0 Å². The molecule has 3 fully saturated rings. The van der Waals surface area contributed by atoms with E-state index in [9.17, 15) is 4.79 Å². The van der Waals surface area contributed by atoms with E-state index in [1.165, 1.54) is 25.7 Å². The third-order valence-corrected chi connectivity index (χ3v) is 7.92. The van der Waals surface area contributed by atoms with Crippen molar-refractivity contribution in [2.45, 2.75) is 63.5 Å². The van der Waals surface area contributed by atoms with Crippen molar-refractivity contribution in [2.24, 2.45) is 0 Å². The first kappa shape index (κ1) is 21.7. The van der Waals surface area contributed by atoms with Crippen LogP contribution in [-0.4, -0.2) is 63.6 Å². The maximum atomic E-state index is 12.7. The van der Waals surface area contributed by atoms with Gasteiger partial charge in [0.05, 0.1) is 11.7 Å². The number of nitrogens with zero attached hydrogens (tertiary/aromatic N) is 4. The molecule has 0 bridgehead atoms. The van der Waals surface area contributed by atoms with E-state index in [4.69, 9.17) is 4.74 Å². The van der Waals surface area contributed by atoms with Crippen LogP contribution in [0.4, 0.5) is 0 Å². The summed E-state index contributed by atoms with van der Waals surface area (Å²) in [6, 6.07) is 12.9. The molecule has 6 heteroatoms. The monoisotopic (exact) mass is 458 g/mol. The van der Waals surface area contributed by atoms with Crippen LogP contribution in [0.15, 0.2) is 48.8 Å². The maximum absolute atomic E-state index is 12.7. The van der Waals surface area contributed by atoms with E-state index in [2.05, 4.69) is 20.5 Å². The van der Waals surface area contributed by atoms with Gasteiger partial charge in [0.25, 0.3) is 5.91 Å². The van der Waals surface area contributed by atoms with Gasteiger partial charge in [-0.2, -0.15) is 0 Å². The summed E-state index contributed by atoms with van der Waals surface area (Å²) in [5.74, 6) is 1.84. The molecule has 0 radical (unpaired) electrons. The Morgan fingerprint density at radius 2 is 1.68 bits per heavy atom. The maximum Gasteiger partial charge on any atom is 0.253 e. The average Bonchev–Trinajstić information content (AvgIpc) is 3.66. The predicted octanol–water partition coefficient (Wildman–Crippen LogP) is 5.05. The number of piperidine rings is 1. The van der Waals surface area contributed by atoms with Gasteiger partial charge in [0, 0.05) is 49.4 Å². The molecule has 4 heterocycles. The molecule has 0 atom stereocenters. The van der Waals surface area contributed by atoms with E-state index in [0.717, 1.165) is 85.9 Å². The minimum atomic E-state index is 0.140. The summed E-state index contributed by atoms with van der Waals surface area (Å²) in [5.41, 5.74) is 1.82. The number of amides is 1. The molecule has 34 heavy (non-hydrogen) atoms. The number of likely N-dealkylation sites (tertiary alicyclic amines) is 2. The summed E-state index contributed by atoms with van der Waals surface area (Å²) < 4.78 is 8.35. The third kappa shape index (κ3) is 4.31. The first-order valence-corrected chi connectivity index (χ1v) is 13.0. The Kier molecular flexibility index (Phi) is 6.00. The number of carbonyl (C=O) groups is 1. The van der Waals surface area contributed by atoms with Gasteiger partial charge in [0.1, 0.15) is 17.7 Å². The van der Waals surface area contributed by atoms with Crippen LogP contribution in [0.5, 0.6) is 5.75 Å². The third-order valence-electron chi connectivity index (χ3n) is 7.92. The SMILES string of the molecule is O=C(c1ccc2c(ccn2-c2ccc(OC3CCN(C4CCCC4)CC3)cn2)c1)N1CCCC1.